The maximum atomic E-state index is 12.6. The van der Waals surface area contributed by atoms with E-state index in [2.05, 4.69) is 15.4 Å². The van der Waals surface area contributed by atoms with E-state index in [0.29, 0.717) is 30.0 Å². The molecule has 0 spiro atoms. The lowest BCUT2D eigenvalue weighted by molar-refractivity contribution is 0.0977. The van der Waals surface area contributed by atoms with Gasteiger partial charge in [-0.15, -0.1) is 0 Å². The predicted octanol–water partition coefficient (Wildman–Crippen LogP) is 4.51. The van der Waals surface area contributed by atoms with Crippen molar-refractivity contribution in [1.29, 1.82) is 0 Å². The topological polar surface area (TPSA) is 96.5 Å². The van der Waals surface area contributed by atoms with Gasteiger partial charge in [-0.2, -0.15) is 0 Å². The number of anilines is 1. The first-order chi connectivity index (χ1) is 16.8. The molecule has 0 radical (unpaired) electrons. The first-order valence-electron chi connectivity index (χ1n) is 11.3. The molecule has 0 saturated heterocycles. The minimum Gasteiger partial charge on any atom is -0.493 e. The molecule has 0 aromatic heterocycles. The van der Waals surface area contributed by atoms with Crippen LogP contribution in [0.15, 0.2) is 83.8 Å². The van der Waals surface area contributed by atoms with E-state index >= 15 is 0 Å². The van der Waals surface area contributed by atoms with Gasteiger partial charge in [0.2, 0.25) is 10.0 Å². The summed E-state index contributed by atoms with van der Waals surface area (Å²) in [6.07, 6.45) is 1.45. The molecule has 35 heavy (non-hydrogen) atoms. The van der Waals surface area contributed by atoms with Crippen LogP contribution in [0.4, 0.5) is 5.69 Å². The van der Waals surface area contributed by atoms with Crippen molar-refractivity contribution in [2.45, 2.75) is 37.6 Å². The maximum absolute atomic E-state index is 12.6. The minimum absolute atomic E-state index is 0.0961. The van der Waals surface area contributed by atoms with Gasteiger partial charge >= 0.3 is 0 Å². The van der Waals surface area contributed by atoms with Crippen molar-refractivity contribution < 1.29 is 17.9 Å². The van der Waals surface area contributed by atoms with Crippen LogP contribution in [0.5, 0.6) is 5.75 Å². The Hall–Kier alpha value is -3.27. The quantitative estimate of drug-likeness (QED) is 0.347. The van der Waals surface area contributed by atoms with Gasteiger partial charge in [-0.1, -0.05) is 43.3 Å². The number of carbonyl (C=O) groups excluding carboxylic acids is 1. The minimum atomic E-state index is -3.59. The van der Waals surface area contributed by atoms with E-state index in [1.165, 1.54) is 17.7 Å². The highest BCUT2D eigenvalue weighted by Crippen LogP contribution is 2.16. The second-order valence-corrected chi connectivity index (χ2v) is 10.1. The second-order valence-electron chi connectivity index (χ2n) is 7.98. The highest BCUT2D eigenvalue weighted by Gasteiger charge is 2.16. The van der Waals surface area contributed by atoms with Crippen LogP contribution in [0.1, 0.15) is 36.2 Å². The van der Waals surface area contributed by atoms with E-state index in [-0.39, 0.29) is 22.0 Å². The van der Waals surface area contributed by atoms with Crippen molar-refractivity contribution in [3.8, 4) is 5.75 Å². The predicted molar refractivity (Wildman–Crippen MR) is 142 cm³/mol. The number of hydrogen-bond acceptors (Lipinski definition) is 5. The van der Waals surface area contributed by atoms with E-state index < -0.39 is 10.0 Å². The molecular weight excluding hydrogens is 482 g/mol. The standard InChI is InChI=1S/C26H29N3O4S2/c1-3-19(2)29-35(31,32)24-14-12-22(13-15-24)27-26(34)28-25(30)21-10-7-11-23(18-21)33-17-16-20-8-5-4-6-9-20/h4-15,18-19,29H,3,16-17H2,1-2H3,(H2,27,28,30,34). The third kappa shape index (κ3) is 8.17. The molecule has 0 aliphatic carbocycles. The lowest BCUT2D eigenvalue weighted by Crippen LogP contribution is -2.34. The molecule has 9 heteroatoms. The van der Waals surface area contributed by atoms with E-state index in [1.54, 1.807) is 43.3 Å². The lowest BCUT2D eigenvalue weighted by atomic mass is 10.2. The number of nitrogens with one attached hydrogen (secondary N) is 3. The second kappa shape index (κ2) is 12.4. The maximum Gasteiger partial charge on any atom is 0.257 e. The number of benzene rings is 3. The third-order valence-corrected chi connectivity index (χ3v) is 7.03. The highest BCUT2D eigenvalue weighted by atomic mass is 32.2. The SMILES string of the molecule is CCC(C)NS(=O)(=O)c1ccc(NC(=S)NC(=O)c2cccc(OCCc3ccccc3)c2)cc1. The summed E-state index contributed by atoms with van der Waals surface area (Å²) in [6, 6.07) is 22.9. The molecule has 7 nitrogen and oxygen atoms in total. The van der Waals surface area contributed by atoms with Gasteiger partial charge in [-0.05, 0) is 73.6 Å². The summed E-state index contributed by atoms with van der Waals surface area (Å²) in [7, 11) is -3.59. The van der Waals surface area contributed by atoms with Crippen LogP contribution in [-0.4, -0.2) is 32.1 Å². The van der Waals surface area contributed by atoms with Crippen molar-refractivity contribution in [3.63, 3.8) is 0 Å². The van der Waals surface area contributed by atoms with Gasteiger partial charge in [0.15, 0.2) is 5.11 Å². The Bertz CT molecular complexity index is 1250. The van der Waals surface area contributed by atoms with Gasteiger partial charge in [-0.3, -0.25) is 10.1 Å². The Morgan fingerprint density at radius 1 is 1.00 bits per heavy atom. The molecule has 3 aromatic carbocycles. The normalized spacial score (nSPS) is 11.9. The summed E-state index contributed by atoms with van der Waals surface area (Å²) in [6.45, 7) is 4.21. The lowest BCUT2D eigenvalue weighted by Gasteiger charge is -2.13. The Morgan fingerprint density at radius 2 is 1.71 bits per heavy atom. The molecule has 1 amide bonds. The van der Waals surface area contributed by atoms with Gasteiger partial charge in [0.1, 0.15) is 5.75 Å². The van der Waals surface area contributed by atoms with Gasteiger partial charge in [0.05, 0.1) is 11.5 Å². The molecule has 3 rings (SSSR count). The summed E-state index contributed by atoms with van der Waals surface area (Å²) < 4.78 is 33.2. The number of thiocarbonyl (C=S) groups is 1. The molecule has 1 unspecified atom stereocenters. The molecule has 184 valence electrons. The van der Waals surface area contributed by atoms with Crippen LogP contribution in [-0.2, 0) is 16.4 Å². The summed E-state index contributed by atoms with van der Waals surface area (Å²) in [5.74, 6) is 0.211. The van der Waals surface area contributed by atoms with Gasteiger partial charge in [0.25, 0.3) is 5.91 Å². The Labute approximate surface area is 212 Å². The van der Waals surface area contributed by atoms with E-state index in [9.17, 15) is 13.2 Å². The largest absolute Gasteiger partial charge is 0.493 e. The molecule has 0 bridgehead atoms. The Kier molecular flexibility index (Phi) is 9.36. The fourth-order valence-electron chi connectivity index (χ4n) is 3.13. The zero-order valence-electron chi connectivity index (χ0n) is 19.7. The van der Waals surface area contributed by atoms with Gasteiger partial charge in [-0.25, -0.2) is 13.1 Å². The van der Waals surface area contributed by atoms with Crippen LogP contribution in [0.25, 0.3) is 0 Å². The average molecular weight is 512 g/mol. The van der Waals surface area contributed by atoms with E-state index in [0.717, 1.165) is 6.42 Å². The molecule has 1 atom stereocenters. The van der Waals surface area contributed by atoms with Gasteiger partial charge in [0, 0.05) is 23.7 Å². The van der Waals surface area contributed by atoms with Crippen molar-refractivity contribution >= 4 is 38.9 Å². The number of carbonyl (C=O) groups is 1. The molecule has 0 saturated carbocycles. The van der Waals surface area contributed by atoms with Crippen LogP contribution in [0.2, 0.25) is 0 Å². The number of amides is 1. The highest BCUT2D eigenvalue weighted by molar-refractivity contribution is 7.89. The number of ether oxygens (including phenoxy) is 1. The third-order valence-electron chi connectivity index (χ3n) is 5.22. The number of rotatable bonds is 10. The van der Waals surface area contributed by atoms with Crippen LogP contribution in [0.3, 0.4) is 0 Å². The molecular formula is C26H29N3O4S2. The molecule has 0 fully saturated rings. The summed E-state index contributed by atoms with van der Waals surface area (Å²) in [4.78, 5) is 12.8. The van der Waals surface area contributed by atoms with Crippen molar-refractivity contribution in [3.05, 3.63) is 90.0 Å². The first kappa shape index (κ1) is 26.3. The van der Waals surface area contributed by atoms with Crippen molar-refractivity contribution in [2.24, 2.45) is 0 Å². The van der Waals surface area contributed by atoms with E-state index in [1.807, 2.05) is 37.3 Å². The fourth-order valence-corrected chi connectivity index (χ4v) is 4.67. The zero-order chi connectivity index (χ0) is 25.3. The molecule has 0 aliphatic heterocycles. The van der Waals surface area contributed by atoms with Crippen LogP contribution < -0.4 is 20.1 Å². The fraction of sp³-hybridized carbons (Fsp3) is 0.231. The van der Waals surface area contributed by atoms with Crippen molar-refractivity contribution in [2.75, 3.05) is 11.9 Å². The van der Waals surface area contributed by atoms with E-state index in [4.69, 9.17) is 17.0 Å². The molecule has 3 N–H and O–H groups in total. The number of hydrogen-bond donors (Lipinski definition) is 3. The molecule has 3 aromatic rings. The monoisotopic (exact) mass is 511 g/mol. The number of sulfonamides is 1. The summed E-state index contributed by atoms with van der Waals surface area (Å²) in [5, 5.41) is 5.62. The smallest absolute Gasteiger partial charge is 0.257 e. The average Bonchev–Trinajstić information content (AvgIpc) is 2.85. The van der Waals surface area contributed by atoms with Crippen LogP contribution >= 0.6 is 12.2 Å². The Morgan fingerprint density at radius 3 is 2.40 bits per heavy atom. The zero-order valence-corrected chi connectivity index (χ0v) is 21.3. The molecule has 0 aliphatic rings. The van der Waals surface area contributed by atoms with Crippen molar-refractivity contribution in [1.82, 2.24) is 10.0 Å². The summed E-state index contributed by atoms with van der Waals surface area (Å²) in [5.41, 5.74) is 2.13. The Balaban J connectivity index is 1.53. The summed E-state index contributed by atoms with van der Waals surface area (Å²) >= 11 is 5.24. The first-order valence-corrected chi connectivity index (χ1v) is 13.2. The van der Waals surface area contributed by atoms with Crippen LogP contribution in [0, 0.1) is 0 Å². The molecule has 0 heterocycles. The van der Waals surface area contributed by atoms with Gasteiger partial charge < -0.3 is 10.1 Å².